The predicted molar refractivity (Wildman–Crippen MR) is 105 cm³/mol. The Balaban J connectivity index is 1.65. The smallest absolute Gasteiger partial charge is 0.169 e. The highest BCUT2D eigenvalue weighted by atomic mass is 14.9. The van der Waals surface area contributed by atoms with Crippen molar-refractivity contribution in [1.29, 1.82) is 0 Å². The Morgan fingerprint density at radius 2 is 1.00 bits per heavy atom. The van der Waals surface area contributed by atoms with E-state index < -0.39 is 0 Å². The van der Waals surface area contributed by atoms with Crippen molar-refractivity contribution in [2.24, 2.45) is 0 Å². The first-order valence-electron chi connectivity index (χ1n) is 10.3. The molecule has 0 amide bonds. The predicted octanol–water partition coefficient (Wildman–Crippen LogP) is 5.48. The summed E-state index contributed by atoms with van der Waals surface area (Å²) in [5.41, 5.74) is 2.59. The number of aryl methyl sites for hydroxylation is 2. The molecule has 0 atom stereocenters. The van der Waals surface area contributed by atoms with E-state index in [1.807, 2.05) is 0 Å². The maximum atomic E-state index is 2.32. The third-order valence-corrected chi connectivity index (χ3v) is 5.00. The Labute approximate surface area is 154 Å². The summed E-state index contributed by atoms with van der Waals surface area (Å²) in [4.78, 5) is 0. The van der Waals surface area contributed by atoms with Gasteiger partial charge in [0.05, 0.1) is 0 Å². The second-order valence-electron chi connectivity index (χ2n) is 7.07. The lowest BCUT2D eigenvalue weighted by Gasteiger charge is -2.02. The van der Waals surface area contributed by atoms with E-state index in [1.54, 1.807) is 0 Å². The molecule has 0 radical (unpaired) electrons. The van der Waals surface area contributed by atoms with Gasteiger partial charge in [-0.05, 0) is 24.5 Å². The molecule has 2 heterocycles. The number of hydrogen-bond donors (Lipinski definition) is 0. The van der Waals surface area contributed by atoms with Crippen molar-refractivity contribution in [3.05, 3.63) is 49.1 Å². The van der Waals surface area contributed by atoms with Gasteiger partial charge in [-0.3, -0.25) is 0 Å². The largest absolute Gasteiger partial charge is 0.205 e. The summed E-state index contributed by atoms with van der Waals surface area (Å²) in [6.45, 7) is 6.61. The first-order valence-corrected chi connectivity index (χ1v) is 10.3. The number of nitrogens with zero attached hydrogens (tertiary/aromatic N) is 2. The van der Waals surface area contributed by atoms with Crippen molar-refractivity contribution in [2.75, 3.05) is 0 Å². The monoisotopic (exact) mass is 340 g/mol. The Morgan fingerprint density at radius 1 is 0.560 bits per heavy atom. The van der Waals surface area contributed by atoms with Crippen LogP contribution in [0.3, 0.4) is 0 Å². The first kappa shape index (κ1) is 19.6. The number of unbranched alkanes of at least 4 members (excludes halogenated alkanes) is 8. The molecule has 0 aromatic carbocycles. The molecule has 2 heteroatoms. The highest BCUT2D eigenvalue weighted by Crippen LogP contribution is 2.15. The Morgan fingerprint density at radius 3 is 1.48 bits per heavy atom. The molecule has 0 unspecified atom stereocenters. The van der Waals surface area contributed by atoms with E-state index in [0.29, 0.717) is 0 Å². The number of rotatable bonds is 12. The third-order valence-electron chi connectivity index (χ3n) is 5.00. The lowest BCUT2D eigenvalue weighted by molar-refractivity contribution is -0.697. The summed E-state index contributed by atoms with van der Waals surface area (Å²) in [6, 6.07) is 8.87. The van der Waals surface area contributed by atoms with Crippen molar-refractivity contribution in [3.8, 4) is 11.1 Å². The molecule has 2 nitrogen and oxygen atoms in total. The lowest BCUT2D eigenvalue weighted by Crippen LogP contribution is -2.32. The van der Waals surface area contributed by atoms with Crippen molar-refractivity contribution in [1.82, 2.24) is 0 Å². The zero-order chi connectivity index (χ0) is 17.7. The van der Waals surface area contributed by atoms with Crippen molar-refractivity contribution < 1.29 is 9.13 Å². The van der Waals surface area contributed by atoms with E-state index in [2.05, 4.69) is 72.0 Å². The summed E-state index contributed by atoms with van der Waals surface area (Å²) >= 11 is 0. The molecule has 2 rings (SSSR count). The van der Waals surface area contributed by atoms with Crippen LogP contribution in [-0.4, -0.2) is 0 Å². The van der Waals surface area contributed by atoms with E-state index in [0.717, 1.165) is 13.1 Å². The molecule has 25 heavy (non-hydrogen) atoms. The lowest BCUT2D eigenvalue weighted by atomic mass is 10.1. The molecule has 0 bridgehead atoms. The molecule has 0 aliphatic heterocycles. The summed E-state index contributed by atoms with van der Waals surface area (Å²) in [5, 5.41) is 0. The summed E-state index contributed by atoms with van der Waals surface area (Å²) < 4.78 is 4.51. The van der Waals surface area contributed by atoms with Gasteiger partial charge in [0.1, 0.15) is 13.1 Å². The zero-order valence-electron chi connectivity index (χ0n) is 16.3. The van der Waals surface area contributed by atoms with Gasteiger partial charge in [-0.1, -0.05) is 51.9 Å². The molecule has 0 N–H and O–H groups in total. The number of pyridine rings is 2. The highest BCUT2D eigenvalue weighted by molar-refractivity contribution is 5.60. The third kappa shape index (κ3) is 7.37. The number of aromatic nitrogens is 2. The molecular weight excluding hydrogens is 304 g/mol. The fraction of sp³-hybridized carbons (Fsp3) is 0.565. The molecule has 136 valence electrons. The Kier molecular flexibility index (Phi) is 9.25. The molecule has 0 aliphatic carbocycles. The first-order chi connectivity index (χ1) is 12.3. The van der Waals surface area contributed by atoms with Crippen LogP contribution >= 0.6 is 0 Å². The standard InChI is InChI=1S/C23H36N2/c1-3-5-6-7-8-9-10-11-12-17-25-20-15-23(16-21-25)22-13-18-24(4-2)19-14-22/h13-16,18-21H,3-12,17H2,1-2H3/q+2. The van der Waals surface area contributed by atoms with E-state index in [-0.39, 0.29) is 0 Å². The van der Waals surface area contributed by atoms with Crippen LogP contribution in [0.15, 0.2) is 49.1 Å². The normalized spacial score (nSPS) is 11.0. The molecule has 0 saturated heterocycles. The van der Waals surface area contributed by atoms with Crippen LogP contribution in [0.25, 0.3) is 11.1 Å². The Hall–Kier alpha value is -1.70. The van der Waals surface area contributed by atoms with Gasteiger partial charge in [-0.25, -0.2) is 9.13 Å². The fourth-order valence-electron chi connectivity index (χ4n) is 3.26. The van der Waals surface area contributed by atoms with Gasteiger partial charge in [-0.15, -0.1) is 0 Å². The highest BCUT2D eigenvalue weighted by Gasteiger charge is 2.05. The summed E-state index contributed by atoms with van der Waals surface area (Å²) in [5.74, 6) is 0. The average molecular weight is 341 g/mol. The average Bonchev–Trinajstić information content (AvgIpc) is 2.67. The minimum absolute atomic E-state index is 1.02. The van der Waals surface area contributed by atoms with E-state index in [9.17, 15) is 0 Å². The summed E-state index contributed by atoms with van der Waals surface area (Å²) in [7, 11) is 0. The maximum Gasteiger partial charge on any atom is 0.169 e. The molecule has 2 aromatic heterocycles. The molecular formula is C23H36N2+2. The van der Waals surface area contributed by atoms with Crippen molar-refractivity contribution in [3.63, 3.8) is 0 Å². The summed E-state index contributed by atoms with van der Waals surface area (Å²) in [6.07, 6.45) is 21.3. The second kappa shape index (κ2) is 11.8. The molecule has 0 spiro atoms. The van der Waals surface area contributed by atoms with Gasteiger partial charge in [-0.2, -0.15) is 0 Å². The van der Waals surface area contributed by atoms with Gasteiger partial charge in [0.15, 0.2) is 24.8 Å². The fourth-order valence-corrected chi connectivity index (χ4v) is 3.26. The molecule has 0 saturated carbocycles. The SMILES string of the molecule is CCCCCCCCCCC[n+]1ccc(-c2cc[n+](CC)cc2)cc1. The van der Waals surface area contributed by atoms with Crippen LogP contribution in [0.5, 0.6) is 0 Å². The maximum absolute atomic E-state index is 2.32. The van der Waals surface area contributed by atoms with Gasteiger partial charge >= 0.3 is 0 Å². The molecule has 0 aliphatic rings. The Bertz CT molecular complexity index is 572. The minimum Gasteiger partial charge on any atom is -0.205 e. The van der Waals surface area contributed by atoms with Gasteiger partial charge in [0.25, 0.3) is 0 Å². The van der Waals surface area contributed by atoms with Gasteiger partial charge < -0.3 is 0 Å². The van der Waals surface area contributed by atoms with E-state index in [4.69, 9.17) is 0 Å². The van der Waals surface area contributed by atoms with Crippen molar-refractivity contribution >= 4 is 0 Å². The zero-order valence-corrected chi connectivity index (χ0v) is 16.3. The van der Waals surface area contributed by atoms with Crippen LogP contribution < -0.4 is 9.13 Å². The van der Waals surface area contributed by atoms with Gasteiger partial charge in [0.2, 0.25) is 0 Å². The quantitative estimate of drug-likeness (QED) is 0.357. The van der Waals surface area contributed by atoms with Crippen molar-refractivity contribution in [2.45, 2.75) is 84.7 Å². The molecule has 0 fully saturated rings. The van der Waals surface area contributed by atoms with Crippen LogP contribution in [0.1, 0.15) is 71.6 Å². The van der Waals surface area contributed by atoms with Gasteiger partial charge in [0, 0.05) is 30.7 Å². The molecule has 2 aromatic rings. The van der Waals surface area contributed by atoms with Crippen LogP contribution in [-0.2, 0) is 13.1 Å². The van der Waals surface area contributed by atoms with Crippen LogP contribution in [0, 0.1) is 0 Å². The minimum atomic E-state index is 1.02. The van der Waals surface area contributed by atoms with Crippen LogP contribution in [0.4, 0.5) is 0 Å². The van der Waals surface area contributed by atoms with E-state index >= 15 is 0 Å². The second-order valence-corrected chi connectivity index (χ2v) is 7.07. The number of hydrogen-bond acceptors (Lipinski definition) is 0. The van der Waals surface area contributed by atoms with Crippen LogP contribution in [0.2, 0.25) is 0 Å². The van der Waals surface area contributed by atoms with E-state index in [1.165, 1.54) is 68.9 Å². The topological polar surface area (TPSA) is 7.76 Å².